The second-order valence-electron chi connectivity index (χ2n) is 7.36. The quantitative estimate of drug-likeness (QED) is 0.676. The lowest BCUT2D eigenvalue weighted by molar-refractivity contribution is -0.134. The fraction of sp³-hybridized carbons (Fsp3) is 0.348. The number of methoxy groups -OCH3 is 1. The molecule has 6 nitrogen and oxygen atoms in total. The van der Waals surface area contributed by atoms with E-state index in [4.69, 9.17) is 4.74 Å². The molecule has 1 unspecified atom stereocenters. The molecule has 4 rings (SSSR count). The lowest BCUT2D eigenvalue weighted by atomic mass is 10.00. The number of piperazine rings is 1. The number of nitrogens with zero attached hydrogens (tertiary/aromatic N) is 2. The fourth-order valence-electron chi connectivity index (χ4n) is 4.20. The largest absolute Gasteiger partial charge is 0.495 e. The summed E-state index contributed by atoms with van der Waals surface area (Å²) in [7, 11) is 3.58. The highest BCUT2D eigenvalue weighted by atomic mass is 16.5. The number of ether oxygens (including phenoxy) is 1. The van der Waals surface area contributed by atoms with Gasteiger partial charge >= 0.3 is 0 Å². The number of hydrogen-bond acceptors (Lipinski definition) is 4. The summed E-state index contributed by atoms with van der Waals surface area (Å²) in [6.45, 7) is 2.88. The number of benzene rings is 2. The maximum atomic E-state index is 13.0. The third-order valence-electron chi connectivity index (χ3n) is 5.70. The third-order valence-corrected chi connectivity index (χ3v) is 5.70. The van der Waals surface area contributed by atoms with Crippen molar-refractivity contribution in [2.24, 2.45) is 0 Å². The van der Waals surface area contributed by atoms with Crippen molar-refractivity contribution in [3.8, 4) is 5.75 Å². The first-order valence-electron chi connectivity index (χ1n) is 10.1. The van der Waals surface area contributed by atoms with Crippen molar-refractivity contribution in [2.75, 3.05) is 45.2 Å². The molecule has 1 amide bonds. The molecule has 0 radical (unpaired) electrons. The Morgan fingerprint density at radius 2 is 1.97 bits per heavy atom. The van der Waals surface area contributed by atoms with Crippen molar-refractivity contribution in [3.05, 3.63) is 60.3 Å². The summed E-state index contributed by atoms with van der Waals surface area (Å²) in [6, 6.07) is 16.3. The summed E-state index contributed by atoms with van der Waals surface area (Å²) in [4.78, 5) is 20.7. The molecule has 6 heteroatoms. The number of hydrogen-bond donors (Lipinski definition) is 2. The molecule has 0 aliphatic carbocycles. The fourth-order valence-corrected chi connectivity index (χ4v) is 4.20. The van der Waals surface area contributed by atoms with E-state index in [-0.39, 0.29) is 11.9 Å². The van der Waals surface area contributed by atoms with Crippen LogP contribution in [0.1, 0.15) is 18.0 Å². The molecule has 1 fully saturated rings. The van der Waals surface area contributed by atoms with Crippen LogP contribution in [0.3, 0.4) is 0 Å². The van der Waals surface area contributed by atoms with Crippen molar-refractivity contribution in [1.29, 1.82) is 0 Å². The van der Waals surface area contributed by atoms with Crippen molar-refractivity contribution in [2.45, 2.75) is 12.5 Å². The molecule has 3 aromatic rings. The topological polar surface area (TPSA) is 60.6 Å². The molecule has 2 N–H and O–H groups in total. The number of para-hydroxylation sites is 3. The molecule has 1 atom stereocenters. The van der Waals surface area contributed by atoms with Crippen LogP contribution >= 0.6 is 0 Å². The molecule has 0 bridgehead atoms. The van der Waals surface area contributed by atoms with Gasteiger partial charge in [0.05, 0.1) is 18.8 Å². The number of H-pyrrole nitrogens is 1. The standard InChI is InChI=1S/C23H28N4O2/c1-24-12-11-23(28)27-14-13-26(20-9-5-6-10-22(20)29-2)16-21(27)18-15-25-19-8-4-3-7-17(18)19/h3-10,15,21,24-25H,11-14,16H2,1-2H3. The van der Waals surface area contributed by atoms with E-state index in [1.54, 1.807) is 7.11 Å². The van der Waals surface area contributed by atoms with Gasteiger partial charge in [0, 0.05) is 55.3 Å². The molecule has 1 saturated heterocycles. The zero-order valence-electron chi connectivity index (χ0n) is 17.0. The first kappa shape index (κ1) is 19.3. The number of rotatable bonds is 6. The molecule has 1 aliphatic heterocycles. The first-order chi connectivity index (χ1) is 14.2. The van der Waals surface area contributed by atoms with Gasteiger partial charge in [0.1, 0.15) is 5.75 Å². The monoisotopic (exact) mass is 392 g/mol. The van der Waals surface area contributed by atoms with Gasteiger partial charge in [-0.15, -0.1) is 0 Å². The van der Waals surface area contributed by atoms with E-state index >= 15 is 0 Å². The highest BCUT2D eigenvalue weighted by Crippen LogP contribution is 2.36. The Bertz CT molecular complexity index is 984. The third kappa shape index (κ3) is 3.80. The molecule has 2 aromatic carbocycles. The summed E-state index contributed by atoms with van der Waals surface area (Å²) < 4.78 is 5.59. The smallest absolute Gasteiger partial charge is 0.224 e. The van der Waals surface area contributed by atoms with Gasteiger partial charge in [-0.05, 0) is 25.2 Å². The average Bonchev–Trinajstić information content (AvgIpc) is 3.21. The van der Waals surface area contributed by atoms with E-state index < -0.39 is 0 Å². The van der Waals surface area contributed by atoms with E-state index in [0.29, 0.717) is 19.5 Å². The van der Waals surface area contributed by atoms with Crippen LogP contribution in [0.15, 0.2) is 54.7 Å². The number of fused-ring (bicyclic) bond motifs is 1. The van der Waals surface area contributed by atoms with E-state index in [1.165, 1.54) is 5.39 Å². The molecular formula is C23H28N4O2. The van der Waals surface area contributed by atoms with Crippen LogP contribution in [0.5, 0.6) is 5.75 Å². The zero-order valence-corrected chi connectivity index (χ0v) is 17.0. The van der Waals surface area contributed by atoms with Crippen molar-refractivity contribution in [3.63, 3.8) is 0 Å². The Balaban J connectivity index is 1.69. The van der Waals surface area contributed by atoms with Crippen LogP contribution < -0.4 is 15.0 Å². The number of aromatic amines is 1. The van der Waals surface area contributed by atoms with Gasteiger partial charge in [-0.3, -0.25) is 4.79 Å². The van der Waals surface area contributed by atoms with E-state index in [0.717, 1.165) is 35.6 Å². The lowest BCUT2D eigenvalue weighted by Gasteiger charge is -2.43. The maximum absolute atomic E-state index is 13.0. The number of amides is 1. The molecule has 0 spiro atoms. The van der Waals surface area contributed by atoms with E-state index in [1.807, 2.05) is 42.3 Å². The predicted octanol–water partition coefficient (Wildman–Crippen LogP) is 3.18. The maximum Gasteiger partial charge on any atom is 0.224 e. The number of carbonyl (C=O) groups is 1. The van der Waals surface area contributed by atoms with Gasteiger partial charge in [-0.2, -0.15) is 0 Å². The Morgan fingerprint density at radius 1 is 1.17 bits per heavy atom. The summed E-state index contributed by atoms with van der Waals surface area (Å²) in [5.41, 5.74) is 3.33. The van der Waals surface area contributed by atoms with Crippen molar-refractivity contribution >= 4 is 22.5 Å². The molecule has 2 heterocycles. The molecular weight excluding hydrogens is 364 g/mol. The summed E-state index contributed by atoms with van der Waals surface area (Å²) in [5.74, 6) is 1.05. The molecule has 1 aromatic heterocycles. The highest BCUT2D eigenvalue weighted by Gasteiger charge is 2.33. The molecule has 29 heavy (non-hydrogen) atoms. The molecule has 1 aliphatic rings. The average molecular weight is 393 g/mol. The normalized spacial score (nSPS) is 17.0. The number of nitrogens with one attached hydrogen (secondary N) is 2. The zero-order chi connectivity index (χ0) is 20.2. The van der Waals surface area contributed by atoms with Crippen molar-refractivity contribution < 1.29 is 9.53 Å². The summed E-state index contributed by atoms with van der Waals surface area (Å²) in [6.07, 6.45) is 2.56. The Morgan fingerprint density at radius 3 is 2.79 bits per heavy atom. The van der Waals surface area contributed by atoms with Gasteiger partial charge in [-0.1, -0.05) is 30.3 Å². The van der Waals surface area contributed by atoms with Crippen LogP contribution in [0.4, 0.5) is 5.69 Å². The summed E-state index contributed by atoms with van der Waals surface area (Å²) in [5, 5.41) is 4.26. The van der Waals surface area contributed by atoms with Gasteiger partial charge in [-0.25, -0.2) is 0 Å². The second-order valence-corrected chi connectivity index (χ2v) is 7.36. The minimum atomic E-state index is -0.0193. The van der Waals surface area contributed by atoms with Crippen LogP contribution in [0.25, 0.3) is 10.9 Å². The Hall–Kier alpha value is -2.99. The highest BCUT2D eigenvalue weighted by molar-refractivity contribution is 5.85. The Labute approximate surface area is 171 Å². The van der Waals surface area contributed by atoms with Gasteiger partial charge in [0.2, 0.25) is 5.91 Å². The number of carbonyl (C=O) groups excluding carboxylic acids is 1. The van der Waals surface area contributed by atoms with E-state index in [9.17, 15) is 4.79 Å². The number of anilines is 1. The SMILES string of the molecule is CNCCC(=O)N1CCN(c2ccccc2OC)CC1c1c[nH]c2ccccc12. The Kier molecular flexibility index (Phi) is 5.71. The van der Waals surface area contributed by atoms with Crippen LogP contribution in [0.2, 0.25) is 0 Å². The minimum absolute atomic E-state index is 0.0193. The van der Waals surface area contributed by atoms with Gasteiger partial charge in [0.15, 0.2) is 0 Å². The van der Waals surface area contributed by atoms with Crippen LogP contribution in [0, 0.1) is 0 Å². The first-order valence-corrected chi connectivity index (χ1v) is 10.1. The van der Waals surface area contributed by atoms with Crippen LogP contribution in [-0.4, -0.2) is 56.1 Å². The van der Waals surface area contributed by atoms with Gasteiger partial charge < -0.3 is 24.8 Å². The van der Waals surface area contributed by atoms with Crippen molar-refractivity contribution in [1.82, 2.24) is 15.2 Å². The lowest BCUT2D eigenvalue weighted by Crippen LogP contribution is -2.51. The second kappa shape index (κ2) is 8.57. The summed E-state index contributed by atoms with van der Waals surface area (Å²) >= 11 is 0. The van der Waals surface area contributed by atoms with Crippen LogP contribution in [-0.2, 0) is 4.79 Å². The molecule has 152 valence electrons. The minimum Gasteiger partial charge on any atom is -0.495 e. The predicted molar refractivity (Wildman–Crippen MR) is 117 cm³/mol. The van der Waals surface area contributed by atoms with Gasteiger partial charge in [0.25, 0.3) is 0 Å². The number of aromatic nitrogens is 1. The van der Waals surface area contributed by atoms with E-state index in [2.05, 4.69) is 39.6 Å². The molecule has 0 saturated carbocycles.